The van der Waals surface area contributed by atoms with Crippen molar-refractivity contribution >= 4 is 22.7 Å². The Bertz CT molecular complexity index is 1070. The topological polar surface area (TPSA) is 89.6 Å². The lowest BCUT2D eigenvalue weighted by molar-refractivity contribution is 0.0847. The SMILES string of the molecule is CCCCOc1ccc(C(=O)NNC(=O)c2cc(C)nc3ccccc23)cc1OC. The third kappa shape index (κ3) is 4.86. The average Bonchev–Trinajstić information content (AvgIpc) is 2.76. The van der Waals surface area contributed by atoms with Gasteiger partial charge in [0, 0.05) is 16.6 Å². The second-order valence-corrected chi connectivity index (χ2v) is 6.80. The molecule has 1 heterocycles. The number of hydrogen-bond acceptors (Lipinski definition) is 5. The molecule has 0 radical (unpaired) electrons. The molecule has 7 heteroatoms. The molecule has 0 saturated carbocycles. The molecule has 0 bridgehead atoms. The fourth-order valence-electron chi connectivity index (χ4n) is 3.00. The van der Waals surface area contributed by atoms with Crippen LogP contribution in [0.1, 0.15) is 46.2 Å². The van der Waals surface area contributed by atoms with Crippen LogP contribution in [0.25, 0.3) is 10.9 Å². The van der Waals surface area contributed by atoms with Crippen molar-refractivity contribution in [2.45, 2.75) is 26.7 Å². The molecule has 0 spiro atoms. The number of benzene rings is 2. The van der Waals surface area contributed by atoms with Gasteiger partial charge in [0.05, 0.1) is 24.8 Å². The molecular formula is C23H25N3O4. The number of hydrazine groups is 1. The van der Waals surface area contributed by atoms with E-state index in [0.29, 0.717) is 40.3 Å². The van der Waals surface area contributed by atoms with E-state index < -0.39 is 11.8 Å². The zero-order valence-electron chi connectivity index (χ0n) is 17.3. The van der Waals surface area contributed by atoms with E-state index in [1.807, 2.05) is 31.2 Å². The van der Waals surface area contributed by atoms with Crippen LogP contribution in [0, 0.1) is 6.92 Å². The minimum Gasteiger partial charge on any atom is -0.493 e. The van der Waals surface area contributed by atoms with Crippen LogP contribution in [-0.4, -0.2) is 30.5 Å². The van der Waals surface area contributed by atoms with E-state index in [9.17, 15) is 9.59 Å². The Kier molecular flexibility index (Phi) is 6.85. The number of rotatable bonds is 7. The van der Waals surface area contributed by atoms with Gasteiger partial charge in [-0.25, -0.2) is 0 Å². The van der Waals surface area contributed by atoms with Crippen molar-refractivity contribution in [2.75, 3.05) is 13.7 Å². The lowest BCUT2D eigenvalue weighted by Gasteiger charge is -2.13. The standard InChI is InChI=1S/C23H25N3O4/c1-4-5-12-30-20-11-10-16(14-21(20)29-3)22(27)25-26-23(28)18-13-15(2)24-19-9-7-6-8-17(18)19/h6-11,13-14H,4-5,12H2,1-3H3,(H,25,27)(H,26,28). The Labute approximate surface area is 175 Å². The number of nitrogens with one attached hydrogen (secondary N) is 2. The van der Waals surface area contributed by atoms with E-state index in [0.717, 1.165) is 18.4 Å². The van der Waals surface area contributed by atoms with Gasteiger partial charge in [0.1, 0.15) is 0 Å². The third-order valence-electron chi connectivity index (χ3n) is 4.56. The first kappa shape index (κ1) is 21.1. The van der Waals surface area contributed by atoms with E-state index in [4.69, 9.17) is 9.47 Å². The summed E-state index contributed by atoms with van der Waals surface area (Å²) in [6.45, 7) is 4.48. The molecule has 0 saturated heterocycles. The van der Waals surface area contributed by atoms with Crippen molar-refractivity contribution < 1.29 is 19.1 Å². The number of fused-ring (bicyclic) bond motifs is 1. The number of carbonyl (C=O) groups is 2. The lowest BCUT2D eigenvalue weighted by Crippen LogP contribution is -2.41. The van der Waals surface area contributed by atoms with E-state index in [1.54, 1.807) is 24.3 Å². The first-order valence-electron chi connectivity index (χ1n) is 9.81. The zero-order valence-corrected chi connectivity index (χ0v) is 17.3. The molecule has 3 aromatic rings. The van der Waals surface area contributed by atoms with Gasteiger partial charge in [-0.1, -0.05) is 31.5 Å². The van der Waals surface area contributed by atoms with Crippen molar-refractivity contribution in [1.29, 1.82) is 0 Å². The van der Waals surface area contributed by atoms with Crippen LogP contribution in [0.5, 0.6) is 11.5 Å². The smallest absolute Gasteiger partial charge is 0.270 e. The largest absolute Gasteiger partial charge is 0.493 e. The highest BCUT2D eigenvalue weighted by molar-refractivity contribution is 6.07. The van der Waals surface area contributed by atoms with Crippen LogP contribution in [0.2, 0.25) is 0 Å². The number of aromatic nitrogens is 1. The maximum absolute atomic E-state index is 12.7. The van der Waals surface area contributed by atoms with Gasteiger partial charge < -0.3 is 9.47 Å². The normalized spacial score (nSPS) is 10.5. The maximum atomic E-state index is 12.7. The highest BCUT2D eigenvalue weighted by Gasteiger charge is 2.15. The van der Waals surface area contributed by atoms with Crippen LogP contribution in [0.3, 0.4) is 0 Å². The number of methoxy groups -OCH3 is 1. The molecule has 2 amide bonds. The fourth-order valence-corrected chi connectivity index (χ4v) is 3.00. The van der Waals surface area contributed by atoms with Crippen molar-refractivity contribution in [3.8, 4) is 11.5 Å². The van der Waals surface area contributed by atoms with Gasteiger partial charge in [-0.15, -0.1) is 0 Å². The minimum absolute atomic E-state index is 0.339. The molecule has 0 fully saturated rings. The number of unbranched alkanes of at least 4 members (excludes halogenated alkanes) is 1. The molecule has 0 atom stereocenters. The van der Waals surface area contributed by atoms with E-state index in [1.165, 1.54) is 7.11 Å². The number of nitrogens with zero attached hydrogens (tertiary/aromatic N) is 1. The van der Waals surface area contributed by atoms with Crippen molar-refractivity contribution in [3.05, 3.63) is 65.4 Å². The highest BCUT2D eigenvalue weighted by Crippen LogP contribution is 2.28. The van der Waals surface area contributed by atoms with Gasteiger partial charge in [0.25, 0.3) is 11.8 Å². The van der Waals surface area contributed by atoms with E-state index in [-0.39, 0.29) is 0 Å². The van der Waals surface area contributed by atoms with Gasteiger partial charge in [-0.05, 0) is 43.7 Å². The lowest BCUT2D eigenvalue weighted by atomic mass is 10.1. The molecular weight excluding hydrogens is 382 g/mol. The van der Waals surface area contributed by atoms with Gasteiger partial charge in [-0.3, -0.25) is 25.4 Å². The highest BCUT2D eigenvalue weighted by atomic mass is 16.5. The molecule has 0 unspecified atom stereocenters. The number of ether oxygens (including phenoxy) is 2. The van der Waals surface area contributed by atoms with E-state index in [2.05, 4.69) is 22.8 Å². The van der Waals surface area contributed by atoms with Crippen LogP contribution >= 0.6 is 0 Å². The Balaban J connectivity index is 1.70. The predicted molar refractivity (Wildman–Crippen MR) is 115 cm³/mol. The Morgan fingerprint density at radius 1 is 1.00 bits per heavy atom. The first-order chi connectivity index (χ1) is 14.5. The monoisotopic (exact) mass is 407 g/mol. The molecule has 7 nitrogen and oxygen atoms in total. The summed E-state index contributed by atoms with van der Waals surface area (Å²) in [6.07, 6.45) is 1.95. The zero-order chi connectivity index (χ0) is 21.5. The van der Waals surface area contributed by atoms with Gasteiger partial charge in [-0.2, -0.15) is 0 Å². The fraction of sp³-hybridized carbons (Fsp3) is 0.261. The molecule has 1 aromatic heterocycles. The van der Waals surface area contributed by atoms with Crippen molar-refractivity contribution in [1.82, 2.24) is 15.8 Å². The molecule has 3 rings (SSSR count). The number of amides is 2. The molecule has 2 aromatic carbocycles. The van der Waals surface area contributed by atoms with Gasteiger partial charge >= 0.3 is 0 Å². The second kappa shape index (κ2) is 9.73. The number of carbonyl (C=O) groups excluding carboxylic acids is 2. The summed E-state index contributed by atoms with van der Waals surface area (Å²) >= 11 is 0. The van der Waals surface area contributed by atoms with Crippen LogP contribution < -0.4 is 20.3 Å². The quantitative estimate of drug-likeness (QED) is 0.459. The summed E-state index contributed by atoms with van der Waals surface area (Å²) in [7, 11) is 1.52. The van der Waals surface area contributed by atoms with Crippen molar-refractivity contribution in [3.63, 3.8) is 0 Å². The molecule has 30 heavy (non-hydrogen) atoms. The Hall–Kier alpha value is -3.61. The minimum atomic E-state index is -0.461. The van der Waals surface area contributed by atoms with E-state index >= 15 is 0 Å². The summed E-state index contributed by atoms with van der Waals surface area (Å²) in [5.41, 5.74) is 7.14. The molecule has 156 valence electrons. The maximum Gasteiger partial charge on any atom is 0.270 e. The average molecular weight is 407 g/mol. The molecule has 0 aliphatic heterocycles. The van der Waals surface area contributed by atoms with Crippen LogP contribution in [-0.2, 0) is 0 Å². The summed E-state index contributed by atoms with van der Waals surface area (Å²) < 4.78 is 11.0. The summed E-state index contributed by atoms with van der Waals surface area (Å²) in [5, 5.41) is 0.713. The third-order valence-corrected chi connectivity index (χ3v) is 4.56. The van der Waals surface area contributed by atoms with Crippen LogP contribution in [0.4, 0.5) is 0 Å². The predicted octanol–water partition coefficient (Wildman–Crippen LogP) is 3.81. The number of hydrogen-bond donors (Lipinski definition) is 2. The molecule has 0 aliphatic carbocycles. The Morgan fingerprint density at radius 3 is 2.53 bits per heavy atom. The second-order valence-electron chi connectivity index (χ2n) is 6.80. The number of pyridine rings is 1. The first-order valence-corrected chi connectivity index (χ1v) is 9.81. The van der Waals surface area contributed by atoms with Gasteiger partial charge in [0.15, 0.2) is 11.5 Å². The Morgan fingerprint density at radius 2 is 1.77 bits per heavy atom. The summed E-state index contributed by atoms with van der Waals surface area (Å²) in [4.78, 5) is 29.6. The number of aryl methyl sites for hydroxylation is 1. The molecule has 2 N–H and O–H groups in total. The number of para-hydroxylation sites is 1. The van der Waals surface area contributed by atoms with Crippen molar-refractivity contribution in [2.24, 2.45) is 0 Å². The summed E-state index contributed by atoms with van der Waals surface area (Å²) in [6, 6.07) is 13.9. The van der Waals surface area contributed by atoms with Gasteiger partial charge in [0.2, 0.25) is 0 Å². The molecule has 0 aliphatic rings. The van der Waals surface area contributed by atoms with Crippen LogP contribution in [0.15, 0.2) is 48.5 Å². The summed E-state index contributed by atoms with van der Waals surface area (Å²) in [5.74, 6) is 0.152.